The number of thiophene rings is 1. The molecule has 0 atom stereocenters. The maximum Gasteiger partial charge on any atom is 0.199 e. The molecule has 0 saturated carbocycles. The standard InChI is InChI=1S/C15H14ClNOS/c1-10-6-7-19-14(10)9-17-8-12-11-4-2-3-5-13(11)18-15(12)16/h2-7,17H,8-9H2,1H3. The van der Waals surface area contributed by atoms with Gasteiger partial charge in [-0.1, -0.05) is 18.2 Å². The third-order valence-electron chi connectivity index (χ3n) is 3.20. The van der Waals surface area contributed by atoms with Crippen LogP contribution in [-0.2, 0) is 13.1 Å². The number of aryl methyl sites for hydroxylation is 1. The Kier molecular flexibility index (Phi) is 3.60. The summed E-state index contributed by atoms with van der Waals surface area (Å²) in [7, 11) is 0. The maximum absolute atomic E-state index is 6.16. The third kappa shape index (κ3) is 2.54. The molecule has 0 aliphatic rings. The summed E-state index contributed by atoms with van der Waals surface area (Å²) < 4.78 is 5.54. The number of fused-ring (bicyclic) bond motifs is 1. The minimum atomic E-state index is 0.483. The number of benzene rings is 1. The molecule has 3 aromatic rings. The van der Waals surface area contributed by atoms with E-state index in [0.717, 1.165) is 23.1 Å². The van der Waals surface area contributed by atoms with Gasteiger partial charge in [0.05, 0.1) is 0 Å². The van der Waals surface area contributed by atoms with Crippen molar-refractivity contribution < 1.29 is 4.42 Å². The molecule has 1 aromatic carbocycles. The van der Waals surface area contributed by atoms with Crippen LogP contribution in [-0.4, -0.2) is 0 Å². The van der Waals surface area contributed by atoms with Crippen LogP contribution in [0.2, 0.25) is 5.22 Å². The number of nitrogens with one attached hydrogen (secondary N) is 1. The normalized spacial score (nSPS) is 11.3. The van der Waals surface area contributed by atoms with Crippen LogP contribution < -0.4 is 5.32 Å². The van der Waals surface area contributed by atoms with Crippen LogP contribution in [0.25, 0.3) is 11.0 Å². The highest BCUT2D eigenvalue weighted by Gasteiger charge is 2.11. The predicted octanol–water partition coefficient (Wildman–Crippen LogP) is 4.75. The first-order valence-electron chi connectivity index (χ1n) is 6.15. The molecule has 0 spiro atoms. The summed E-state index contributed by atoms with van der Waals surface area (Å²) in [6, 6.07) is 10.1. The average Bonchev–Trinajstić information content (AvgIpc) is 2.94. The molecule has 1 N–H and O–H groups in total. The molecule has 98 valence electrons. The maximum atomic E-state index is 6.16. The molecule has 4 heteroatoms. The zero-order valence-corrected chi connectivity index (χ0v) is 12.1. The van der Waals surface area contributed by atoms with Gasteiger partial charge in [-0.2, -0.15) is 0 Å². The smallest absolute Gasteiger partial charge is 0.199 e. The Morgan fingerprint density at radius 2 is 2.05 bits per heavy atom. The van der Waals surface area contributed by atoms with Crippen LogP contribution in [0.4, 0.5) is 0 Å². The highest BCUT2D eigenvalue weighted by Crippen LogP contribution is 2.29. The first kappa shape index (κ1) is 12.7. The van der Waals surface area contributed by atoms with Gasteiger partial charge in [0.15, 0.2) is 5.22 Å². The van der Waals surface area contributed by atoms with E-state index in [1.165, 1.54) is 10.4 Å². The van der Waals surface area contributed by atoms with Gasteiger partial charge in [0.2, 0.25) is 0 Å². The second-order valence-electron chi connectivity index (χ2n) is 4.48. The minimum Gasteiger partial charge on any atom is -0.444 e. The highest BCUT2D eigenvalue weighted by atomic mass is 35.5. The van der Waals surface area contributed by atoms with E-state index in [4.69, 9.17) is 16.0 Å². The molecule has 0 radical (unpaired) electrons. The van der Waals surface area contributed by atoms with E-state index in [9.17, 15) is 0 Å². The third-order valence-corrected chi connectivity index (χ3v) is 4.53. The summed E-state index contributed by atoms with van der Waals surface area (Å²) in [4.78, 5) is 1.36. The van der Waals surface area contributed by atoms with E-state index < -0.39 is 0 Å². The largest absolute Gasteiger partial charge is 0.444 e. The fourth-order valence-corrected chi connectivity index (χ4v) is 3.25. The van der Waals surface area contributed by atoms with Crippen molar-refractivity contribution >= 4 is 33.9 Å². The summed E-state index contributed by atoms with van der Waals surface area (Å²) >= 11 is 7.93. The van der Waals surface area contributed by atoms with E-state index in [0.29, 0.717) is 11.8 Å². The molecule has 0 bridgehead atoms. The van der Waals surface area contributed by atoms with Gasteiger partial charge in [0.25, 0.3) is 0 Å². The van der Waals surface area contributed by atoms with E-state index >= 15 is 0 Å². The Morgan fingerprint density at radius 3 is 2.84 bits per heavy atom. The van der Waals surface area contributed by atoms with Crippen molar-refractivity contribution in [2.45, 2.75) is 20.0 Å². The lowest BCUT2D eigenvalue weighted by Gasteiger charge is -2.03. The molecule has 0 saturated heterocycles. The molecule has 19 heavy (non-hydrogen) atoms. The quantitative estimate of drug-likeness (QED) is 0.750. The Bertz CT molecular complexity index is 701. The van der Waals surface area contributed by atoms with Gasteiger partial charge in [-0.25, -0.2) is 0 Å². The lowest BCUT2D eigenvalue weighted by Crippen LogP contribution is -2.12. The molecular formula is C15H14ClNOS. The number of hydrogen-bond donors (Lipinski definition) is 1. The second-order valence-corrected chi connectivity index (χ2v) is 5.82. The first-order valence-corrected chi connectivity index (χ1v) is 7.41. The summed E-state index contributed by atoms with van der Waals surface area (Å²) in [6.07, 6.45) is 0. The van der Waals surface area contributed by atoms with Crippen LogP contribution in [0.1, 0.15) is 16.0 Å². The Labute approximate surface area is 121 Å². The monoisotopic (exact) mass is 291 g/mol. The van der Waals surface area contributed by atoms with E-state index in [1.54, 1.807) is 11.3 Å². The highest BCUT2D eigenvalue weighted by molar-refractivity contribution is 7.10. The number of para-hydroxylation sites is 1. The summed E-state index contributed by atoms with van der Waals surface area (Å²) in [5.74, 6) is 0. The van der Waals surface area contributed by atoms with E-state index in [1.807, 2.05) is 24.3 Å². The fraction of sp³-hybridized carbons (Fsp3) is 0.200. The van der Waals surface area contributed by atoms with Crippen molar-refractivity contribution in [2.75, 3.05) is 0 Å². The van der Waals surface area contributed by atoms with Gasteiger partial charge in [-0.3, -0.25) is 0 Å². The summed E-state index contributed by atoms with van der Waals surface area (Å²) in [6.45, 7) is 3.71. The van der Waals surface area contributed by atoms with Gasteiger partial charge < -0.3 is 9.73 Å². The number of hydrogen-bond acceptors (Lipinski definition) is 3. The van der Waals surface area contributed by atoms with Crippen molar-refractivity contribution in [2.24, 2.45) is 0 Å². The van der Waals surface area contributed by atoms with E-state index in [-0.39, 0.29) is 0 Å². The molecular weight excluding hydrogens is 278 g/mol. The summed E-state index contributed by atoms with van der Waals surface area (Å²) in [5, 5.41) is 7.12. The minimum absolute atomic E-state index is 0.483. The van der Waals surface area contributed by atoms with Gasteiger partial charge in [-0.05, 0) is 41.6 Å². The summed E-state index contributed by atoms with van der Waals surface area (Å²) in [5.41, 5.74) is 3.21. The fourth-order valence-electron chi connectivity index (χ4n) is 2.12. The van der Waals surface area contributed by atoms with Crippen molar-refractivity contribution in [1.82, 2.24) is 5.32 Å². The molecule has 0 aliphatic heterocycles. The number of furan rings is 1. The van der Waals surface area contributed by atoms with Crippen molar-refractivity contribution in [3.8, 4) is 0 Å². The van der Waals surface area contributed by atoms with Gasteiger partial charge in [0, 0.05) is 28.9 Å². The molecule has 3 rings (SSSR count). The lowest BCUT2D eigenvalue weighted by atomic mass is 10.2. The molecule has 2 aromatic heterocycles. The van der Waals surface area contributed by atoms with E-state index in [2.05, 4.69) is 23.7 Å². The Balaban J connectivity index is 1.75. The van der Waals surface area contributed by atoms with Crippen LogP contribution in [0.5, 0.6) is 0 Å². The molecule has 2 nitrogen and oxygen atoms in total. The SMILES string of the molecule is Cc1ccsc1CNCc1c(Cl)oc2ccccc12. The zero-order valence-electron chi connectivity index (χ0n) is 10.6. The lowest BCUT2D eigenvalue weighted by molar-refractivity contribution is 0.604. The van der Waals surface area contributed by atoms with Crippen LogP contribution in [0.15, 0.2) is 40.1 Å². The topological polar surface area (TPSA) is 25.2 Å². The number of halogens is 1. The van der Waals surface area contributed by atoms with Crippen LogP contribution >= 0.6 is 22.9 Å². The molecule has 0 aliphatic carbocycles. The van der Waals surface area contributed by atoms with Crippen molar-refractivity contribution in [1.29, 1.82) is 0 Å². The zero-order chi connectivity index (χ0) is 13.2. The number of rotatable bonds is 4. The van der Waals surface area contributed by atoms with Gasteiger partial charge in [0.1, 0.15) is 5.58 Å². The van der Waals surface area contributed by atoms with Crippen molar-refractivity contribution in [3.05, 3.63) is 56.9 Å². The van der Waals surface area contributed by atoms with Crippen molar-refractivity contribution in [3.63, 3.8) is 0 Å². The van der Waals surface area contributed by atoms with Gasteiger partial charge in [-0.15, -0.1) is 11.3 Å². The predicted molar refractivity (Wildman–Crippen MR) is 80.8 cm³/mol. The van der Waals surface area contributed by atoms with Crippen LogP contribution in [0, 0.1) is 6.92 Å². The molecule has 0 amide bonds. The molecule has 0 unspecified atom stereocenters. The molecule has 0 fully saturated rings. The van der Waals surface area contributed by atoms with Crippen LogP contribution in [0.3, 0.4) is 0 Å². The molecule has 2 heterocycles. The first-order chi connectivity index (χ1) is 9.25. The average molecular weight is 292 g/mol. The Hall–Kier alpha value is -1.29. The van der Waals surface area contributed by atoms with Gasteiger partial charge >= 0.3 is 0 Å². The second kappa shape index (κ2) is 5.37. The Morgan fingerprint density at radius 1 is 1.21 bits per heavy atom.